The van der Waals surface area contributed by atoms with Crippen LogP contribution in [0, 0.1) is 0 Å². The molecular formula is C20H22ClN5O. The molecule has 3 aromatic rings. The minimum atomic E-state index is 0.0144. The molecule has 7 heteroatoms. The molecule has 0 saturated carbocycles. The molecule has 0 spiro atoms. The Morgan fingerprint density at radius 2 is 1.85 bits per heavy atom. The van der Waals surface area contributed by atoms with E-state index in [0.717, 1.165) is 34.8 Å². The summed E-state index contributed by atoms with van der Waals surface area (Å²) >= 11 is 6.29. The number of hydrogen-bond donors (Lipinski definition) is 0. The number of aromatic nitrogens is 3. The second kappa shape index (κ2) is 7.19. The van der Waals surface area contributed by atoms with Gasteiger partial charge < -0.3 is 9.80 Å². The SMILES string of the molecule is CC(C)n1ncc2cc(C(=O)N3CCN(c4ccccc4Cl)CC3)cnc21. The number of pyridine rings is 1. The van der Waals surface area contributed by atoms with Crippen molar-refractivity contribution in [1.29, 1.82) is 0 Å². The number of carbonyl (C=O) groups excluding carboxylic acids is 1. The number of anilines is 1. The Morgan fingerprint density at radius 1 is 1.11 bits per heavy atom. The summed E-state index contributed by atoms with van der Waals surface area (Å²) in [4.78, 5) is 21.5. The Balaban J connectivity index is 1.48. The molecule has 3 heterocycles. The molecule has 0 unspecified atom stereocenters. The van der Waals surface area contributed by atoms with E-state index in [4.69, 9.17) is 11.6 Å². The van der Waals surface area contributed by atoms with E-state index in [-0.39, 0.29) is 11.9 Å². The van der Waals surface area contributed by atoms with Gasteiger partial charge in [0.15, 0.2) is 5.65 Å². The molecule has 1 aliphatic heterocycles. The van der Waals surface area contributed by atoms with E-state index < -0.39 is 0 Å². The number of benzene rings is 1. The lowest BCUT2D eigenvalue weighted by Gasteiger charge is -2.36. The van der Waals surface area contributed by atoms with Crippen LogP contribution in [0.25, 0.3) is 11.0 Å². The molecule has 6 nitrogen and oxygen atoms in total. The Hall–Kier alpha value is -2.60. The first-order chi connectivity index (χ1) is 13.0. The van der Waals surface area contributed by atoms with E-state index >= 15 is 0 Å². The van der Waals surface area contributed by atoms with Crippen molar-refractivity contribution < 1.29 is 4.79 Å². The third-order valence-corrected chi connectivity index (χ3v) is 5.25. The highest BCUT2D eigenvalue weighted by atomic mass is 35.5. The molecule has 1 amide bonds. The van der Waals surface area contributed by atoms with E-state index in [2.05, 4.69) is 28.8 Å². The van der Waals surface area contributed by atoms with Gasteiger partial charge in [-0.25, -0.2) is 9.67 Å². The number of amides is 1. The van der Waals surface area contributed by atoms with Crippen LogP contribution in [0.15, 0.2) is 42.7 Å². The van der Waals surface area contributed by atoms with Crippen molar-refractivity contribution in [2.75, 3.05) is 31.1 Å². The number of piperazine rings is 1. The second-order valence-corrected chi connectivity index (χ2v) is 7.46. The molecule has 140 valence electrons. The van der Waals surface area contributed by atoms with Gasteiger partial charge in [0.2, 0.25) is 0 Å². The molecule has 0 aliphatic carbocycles. The zero-order valence-electron chi connectivity index (χ0n) is 15.5. The molecule has 2 aromatic heterocycles. The third-order valence-electron chi connectivity index (χ3n) is 4.93. The first-order valence-corrected chi connectivity index (χ1v) is 9.54. The van der Waals surface area contributed by atoms with Crippen molar-refractivity contribution in [3.05, 3.63) is 53.3 Å². The summed E-state index contributed by atoms with van der Waals surface area (Å²) in [6.07, 6.45) is 3.43. The fourth-order valence-electron chi connectivity index (χ4n) is 3.48. The lowest BCUT2D eigenvalue weighted by molar-refractivity contribution is 0.0746. The van der Waals surface area contributed by atoms with Crippen LogP contribution in [0.1, 0.15) is 30.2 Å². The summed E-state index contributed by atoms with van der Waals surface area (Å²) in [6.45, 7) is 6.96. The minimum absolute atomic E-state index is 0.0144. The van der Waals surface area contributed by atoms with Crippen molar-refractivity contribution in [2.45, 2.75) is 19.9 Å². The van der Waals surface area contributed by atoms with Crippen molar-refractivity contribution in [3.63, 3.8) is 0 Å². The number of hydrogen-bond acceptors (Lipinski definition) is 4. The number of nitrogens with zero attached hydrogens (tertiary/aromatic N) is 5. The van der Waals surface area contributed by atoms with E-state index in [1.807, 2.05) is 39.9 Å². The van der Waals surface area contributed by atoms with Gasteiger partial charge in [0.05, 0.1) is 22.5 Å². The average molecular weight is 384 g/mol. The van der Waals surface area contributed by atoms with Crippen LogP contribution in [0.5, 0.6) is 0 Å². The van der Waals surface area contributed by atoms with Gasteiger partial charge in [-0.2, -0.15) is 5.10 Å². The maximum Gasteiger partial charge on any atom is 0.255 e. The number of halogens is 1. The standard InChI is InChI=1S/C20H22ClN5O/c1-14(2)26-19-15(13-23-26)11-16(12-22-19)20(27)25-9-7-24(8-10-25)18-6-4-3-5-17(18)21/h3-6,11-14H,7-10H2,1-2H3. The maximum atomic E-state index is 12.9. The van der Waals surface area contributed by atoms with Crippen LogP contribution in [-0.2, 0) is 0 Å². The summed E-state index contributed by atoms with van der Waals surface area (Å²) in [5.41, 5.74) is 2.44. The van der Waals surface area contributed by atoms with Crippen LogP contribution in [-0.4, -0.2) is 51.8 Å². The molecule has 27 heavy (non-hydrogen) atoms. The van der Waals surface area contributed by atoms with E-state index in [1.54, 1.807) is 12.4 Å². The Morgan fingerprint density at radius 3 is 2.56 bits per heavy atom. The molecule has 4 rings (SSSR count). The number of rotatable bonds is 3. The molecule has 0 atom stereocenters. The smallest absolute Gasteiger partial charge is 0.255 e. The lowest BCUT2D eigenvalue weighted by Crippen LogP contribution is -2.48. The quantitative estimate of drug-likeness (QED) is 0.693. The van der Waals surface area contributed by atoms with Gasteiger partial charge in [-0.05, 0) is 32.0 Å². The highest BCUT2D eigenvalue weighted by Gasteiger charge is 2.24. The van der Waals surface area contributed by atoms with Crippen LogP contribution < -0.4 is 4.90 Å². The first-order valence-electron chi connectivity index (χ1n) is 9.16. The van der Waals surface area contributed by atoms with Crippen molar-refractivity contribution >= 4 is 34.2 Å². The van der Waals surface area contributed by atoms with Gasteiger partial charge in [-0.1, -0.05) is 23.7 Å². The monoisotopic (exact) mass is 383 g/mol. The Labute approximate surface area is 163 Å². The molecule has 0 radical (unpaired) electrons. The van der Waals surface area contributed by atoms with Gasteiger partial charge >= 0.3 is 0 Å². The van der Waals surface area contributed by atoms with Crippen LogP contribution in [0.2, 0.25) is 5.02 Å². The largest absolute Gasteiger partial charge is 0.367 e. The highest BCUT2D eigenvalue weighted by molar-refractivity contribution is 6.33. The Bertz CT molecular complexity index is 975. The normalized spacial score (nSPS) is 15.0. The van der Waals surface area contributed by atoms with Gasteiger partial charge in [0, 0.05) is 43.8 Å². The maximum absolute atomic E-state index is 12.9. The summed E-state index contributed by atoms with van der Waals surface area (Å²) in [5, 5.41) is 6.01. The molecule has 1 fully saturated rings. The lowest BCUT2D eigenvalue weighted by atomic mass is 10.2. The molecule has 1 aliphatic rings. The predicted octanol–water partition coefficient (Wildman–Crippen LogP) is 3.63. The van der Waals surface area contributed by atoms with Crippen molar-refractivity contribution in [3.8, 4) is 0 Å². The highest BCUT2D eigenvalue weighted by Crippen LogP contribution is 2.26. The summed E-state index contributed by atoms with van der Waals surface area (Å²) in [7, 11) is 0. The number of carbonyl (C=O) groups is 1. The van der Waals surface area contributed by atoms with Crippen LogP contribution in [0.4, 0.5) is 5.69 Å². The molecule has 0 bridgehead atoms. The van der Waals surface area contributed by atoms with Gasteiger partial charge in [-0.3, -0.25) is 4.79 Å². The molecule has 0 N–H and O–H groups in total. The molecule has 1 aromatic carbocycles. The number of para-hydroxylation sites is 1. The minimum Gasteiger partial charge on any atom is -0.367 e. The topological polar surface area (TPSA) is 54.3 Å². The molecular weight excluding hydrogens is 362 g/mol. The van der Waals surface area contributed by atoms with Crippen LogP contribution in [0.3, 0.4) is 0 Å². The molecule has 1 saturated heterocycles. The fraction of sp³-hybridized carbons (Fsp3) is 0.350. The summed E-state index contributed by atoms with van der Waals surface area (Å²) < 4.78 is 1.87. The third kappa shape index (κ3) is 3.37. The fourth-order valence-corrected chi connectivity index (χ4v) is 3.73. The zero-order valence-corrected chi connectivity index (χ0v) is 16.2. The van der Waals surface area contributed by atoms with Gasteiger partial charge in [0.1, 0.15) is 0 Å². The first kappa shape index (κ1) is 17.8. The number of fused-ring (bicyclic) bond motifs is 1. The zero-order chi connectivity index (χ0) is 19.0. The van der Waals surface area contributed by atoms with Crippen molar-refractivity contribution in [2.24, 2.45) is 0 Å². The second-order valence-electron chi connectivity index (χ2n) is 7.05. The van der Waals surface area contributed by atoms with Crippen LogP contribution >= 0.6 is 11.6 Å². The Kier molecular flexibility index (Phi) is 4.74. The van der Waals surface area contributed by atoms with E-state index in [9.17, 15) is 4.79 Å². The summed E-state index contributed by atoms with van der Waals surface area (Å²) in [6, 6.07) is 9.94. The van der Waals surface area contributed by atoms with E-state index in [1.165, 1.54) is 0 Å². The van der Waals surface area contributed by atoms with E-state index in [0.29, 0.717) is 18.7 Å². The predicted molar refractivity (Wildman–Crippen MR) is 107 cm³/mol. The average Bonchev–Trinajstić information content (AvgIpc) is 3.11. The van der Waals surface area contributed by atoms with Gasteiger partial charge in [-0.15, -0.1) is 0 Å². The van der Waals surface area contributed by atoms with Crippen molar-refractivity contribution in [1.82, 2.24) is 19.7 Å². The van der Waals surface area contributed by atoms with Gasteiger partial charge in [0.25, 0.3) is 5.91 Å². The summed E-state index contributed by atoms with van der Waals surface area (Å²) in [5.74, 6) is 0.0144.